The van der Waals surface area contributed by atoms with Gasteiger partial charge in [0.15, 0.2) is 0 Å². The SMILES string of the molecule is Nc1ccc(CCNC(=O)c2cnn(CC(=O)NC3CCCCC3)c2)cc1. The van der Waals surface area contributed by atoms with Crippen molar-refractivity contribution < 1.29 is 9.59 Å². The van der Waals surface area contributed by atoms with Crippen molar-refractivity contribution in [3.8, 4) is 0 Å². The lowest BCUT2D eigenvalue weighted by atomic mass is 9.95. The highest BCUT2D eigenvalue weighted by Crippen LogP contribution is 2.17. The number of nitrogens with zero attached hydrogens (tertiary/aromatic N) is 2. The lowest BCUT2D eigenvalue weighted by Crippen LogP contribution is -2.38. The Labute approximate surface area is 159 Å². The van der Waals surface area contributed by atoms with Crippen molar-refractivity contribution in [2.24, 2.45) is 0 Å². The number of amides is 2. The zero-order valence-corrected chi connectivity index (χ0v) is 15.5. The number of nitrogens with one attached hydrogen (secondary N) is 2. The fourth-order valence-corrected chi connectivity index (χ4v) is 3.34. The summed E-state index contributed by atoms with van der Waals surface area (Å²) in [6.07, 6.45) is 9.53. The molecule has 2 aromatic rings. The maximum Gasteiger partial charge on any atom is 0.254 e. The third kappa shape index (κ3) is 5.84. The van der Waals surface area contributed by atoms with Gasteiger partial charge in [-0.2, -0.15) is 5.10 Å². The molecule has 0 spiro atoms. The van der Waals surface area contributed by atoms with Crippen molar-refractivity contribution in [2.75, 3.05) is 12.3 Å². The number of nitrogen functional groups attached to an aromatic ring is 1. The minimum atomic E-state index is -0.190. The zero-order valence-electron chi connectivity index (χ0n) is 15.5. The predicted molar refractivity (Wildman–Crippen MR) is 104 cm³/mol. The Bertz CT molecular complexity index is 763. The minimum absolute atomic E-state index is 0.0553. The van der Waals surface area contributed by atoms with E-state index in [-0.39, 0.29) is 24.4 Å². The smallest absolute Gasteiger partial charge is 0.254 e. The van der Waals surface area contributed by atoms with E-state index in [0.717, 1.165) is 30.5 Å². The monoisotopic (exact) mass is 369 g/mol. The number of aromatic nitrogens is 2. The van der Waals surface area contributed by atoms with Gasteiger partial charge in [-0.25, -0.2) is 0 Å². The van der Waals surface area contributed by atoms with Crippen molar-refractivity contribution in [1.29, 1.82) is 0 Å². The molecule has 1 aliphatic carbocycles. The van der Waals surface area contributed by atoms with E-state index in [1.54, 1.807) is 6.20 Å². The topological polar surface area (TPSA) is 102 Å². The first-order valence-electron chi connectivity index (χ1n) is 9.54. The van der Waals surface area contributed by atoms with E-state index >= 15 is 0 Å². The Balaban J connectivity index is 1.42. The van der Waals surface area contributed by atoms with E-state index in [4.69, 9.17) is 5.73 Å². The molecular weight excluding hydrogens is 342 g/mol. The van der Waals surface area contributed by atoms with Crippen LogP contribution in [0.1, 0.15) is 48.0 Å². The van der Waals surface area contributed by atoms with Crippen LogP contribution in [0.15, 0.2) is 36.7 Å². The average molecular weight is 369 g/mol. The summed E-state index contributed by atoms with van der Waals surface area (Å²) in [6.45, 7) is 0.658. The predicted octanol–water partition coefficient (Wildman–Crippen LogP) is 1.89. The summed E-state index contributed by atoms with van der Waals surface area (Å²) >= 11 is 0. The zero-order chi connectivity index (χ0) is 19.1. The molecule has 0 bridgehead atoms. The van der Waals surface area contributed by atoms with Crippen LogP contribution in [-0.4, -0.2) is 34.2 Å². The van der Waals surface area contributed by atoms with Crippen molar-refractivity contribution in [1.82, 2.24) is 20.4 Å². The molecule has 1 saturated carbocycles. The van der Waals surface area contributed by atoms with Gasteiger partial charge in [-0.15, -0.1) is 0 Å². The van der Waals surface area contributed by atoms with Crippen molar-refractivity contribution in [2.45, 2.75) is 51.1 Å². The van der Waals surface area contributed by atoms with Gasteiger partial charge >= 0.3 is 0 Å². The molecule has 0 atom stereocenters. The molecule has 144 valence electrons. The fraction of sp³-hybridized carbons (Fsp3) is 0.450. The molecule has 0 saturated heterocycles. The number of hydrogen-bond acceptors (Lipinski definition) is 4. The third-order valence-corrected chi connectivity index (χ3v) is 4.85. The first-order chi connectivity index (χ1) is 13.1. The molecule has 1 heterocycles. The van der Waals surface area contributed by atoms with E-state index in [1.807, 2.05) is 24.3 Å². The molecular formula is C20H27N5O2. The summed E-state index contributed by atoms with van der Waals surface area (Å²) in [5, 5.41) is 10.1. The van der Waals surface area contributed by atoms with Crippen LogP contribution in [0, 0.1) is 0 Å². The van der Waals surface area contributed by atoms with Gasteiger partial charge < -0.3 is 16.4 Å². The minimum Gasteiger partial charge on any atom is -0.399 e. The van der Waals surface area contributed by atoms with Gasteiger partial charge in [-0.05, 0) is 37.0 Å². The molecule has 1 aromatic carbocycles. The Morgan fingerprint density at radius 2 is 1.89 bits per heavy atom. The molecule has 7 nitrogen and oxygen atoms in total. The van der Waals surface area contributed by atoms with Crippen LogP contribution in [0.4, 0.5) is 5.69 Å². The molecule has 2 amide bonds. The number of rotatable bonds is 7. The molecule has 1 aromatic heterocycles. The van der Waals surface area contributed by atoms with E-state index in [0.29, 0.717) is 12.1 Å². The van der Waals surface area contributed by atoms with Crippen LogP contribution in [0.2, 0.25) is 0 Å². The summed E-state index contributed by atoms with van der Waals surface area (Å²) in [5.74, 6) is -0.246. The second-order valence-electron chi connectivity index (χ2n) is 7.08. The number of nitrogens with two attached hydrogens (primary N) is 1. The van der Waals surface area contributed by atoms with E-state index in [9.17, 15) is 9.59 Å². The van der Waals surface area contributed by atoms with Crippen LogP contribution >= 0.6 is 0 Å². The molecule has 3 rings (SSSR count). The molecule has 1 fully saturated rings. The van der Waals surface area contributed by atoms with Crippen LogP contribution in [0.5, 0.6) is 0 Å². The van der Waals surface area contributed by atoms with E-state index in [2.05, 4.69) is 15.7 Å². The highest BCUT2D eigenvalue weighted by atomic mass is 16.2. The summed E-state index contributed by atoms with van der Waals surface area (Å²) < 4.78 is 1.51. The maximum absolute atomic E-state index is 12.2. The van der Waals surface area contributed by atoms with Crippen LogP contribution in [-0.2, 0) is 17.8 Å². The summed E-state index contributed by atoms with van der Waals surface area (Å²) in [5.41, 5.74) is 7.95. The number of benzene rings is 1. The molecule has 0 radical (unpaired) electrons. The van der Waals surface area contributed by atoms with E-state index in [1.165, 1.54) is 30.1 Å². The fourth-order valence-electron chi connectivity index (χ4n) is 3.34. The quantitative estimate of drug-likeness (QED) is 0.649. The van der Waals surface area contributed by atoms with Crippen molar-refractivity contribution in [3.05, 3.63) is 47.8 Å². The van der Waals surface area contributed by atoms with Gasteiger partial charge in [0.25, 0.3) is 5.91 Å². The second-order valence-corrected chi connectivity index (χ2v) is 7.08. The second kappa shape index (κ2) is 9.21. The molecule has 7 heteroatoms. The highest BCUT2D eigenvalue weighted by molar-refractivity contribution is 5.93. The van der Waals surface area contributed by atoms with E-state index < -0.39 is 0 Å². The number of anilines is 1. The van der Waals surface area contributed by atoms with Crippen molar-refractivity contribution >= 4 is 17.5 Å². The van der Waals surface area contributed by atoms with Crippen LogP contribution in [0.25, 0.3) is 0 Å². The Kier molecular flexibility index (Phi) is 6.46. The van der Waals surface area contributed by atoms with Gasteiger partial charge in [0, 0.05) is 24.5 Å². The molecule has 4 N–H and O–H groups in total. The lowest BCUT2D eigenvalue weighted by molar-refractivity contribution is -0.122. The van der Waals surface area contributed by atoms with Crippen molar-refractivity contribution in [3.63, 3.8) is 0 Å². The Hall–Kier alpha value is -2.83. The summed E-state index contributed by atoms with van der Waals surface area (Å²) in [4.78, 5) is 24.4. The first-order valence-corrected chi connectivity index (χ1v) is 9.54. The normalized spacial score (nSPS) is 14.7. The Morgan fingerprint density at radius 3 is 2.63 bits per heavy atom. The summed E-state index contributed by atoms with van der Waals surface area (Å²) in [6, 6.07) is 7.87. The highest BCUT2D eigenvalue weighted by Gasteiger charge is 2.16. The lowest BCUT2D eigenvalue weighted by Gasteiger charge is -2.22. The Morgan fingerprint density at radius 1 is 1.15 bits per heavy atom. The molecule has 0 aliphatic heterocycles. The van der Waals surface area contributed by atoms with Gasteiger partial charge in [0.1, 0.15) is 6.54 Å². The third-order valence-electron chi connectivity index (χ3n) is 4.85. The molecule has 1 aliphatic rings. The average Bonchev–Trinajstić information content (AvgIpc) is 3.12. The summed E-state index contributed by atoms with van der Waals surface area (Å²) in [7, 11) is 0. The molecule has 27 heavy (non-hydrogen) atoms. The van der Waals surface area contributed by atoms with Gasteiger partial charge in [0.05, 0.1) is 11.8 Å². The number of hydrogen-bond donors (Lipinski definition) is 3. The molecule has 0 unspecified atom stereocenters. The number of carbonyl (C=O) groups excluding carboxylic acids is 2. The van der Waals surface area contributed by atoms with Gasteiger partial charge in [-0.3, -0.25) is 14.3 Å². The maximum atomic E-state index is 12.2. The van der Waals surface area contributed by atoms with Crippen LogP contribution in [0.3, 0.4) is 0 Å². The standard InChI is InChI=1S/C20H27N5O2/c21-17-8-6-15(7-9-17)10-11-22-20(27)16-12-23-25(13-16)14-19(26)24-18-4-2-1-3-5-18/h6-9,12-13,18H,1-5,10-11,14,21H2,(H,22,27)(H,24,26). The van der Waals surface area contributed by atoms with Gasteiger partial charge in [0.2, 0.25) is 5.91 Å². The largest absolute Gasteiger partial charge is 0.399 e. The number of carbonyl (C=O) groups is 2. The van der Waals surface area contributed by atoms with Crippen LogP contribution < -0.4 is 16.4 Å². The first kappa shape index (κ1) is 18.9. The van der Waals surface area contributed by atoms with Gasteiger partial charge in [-0.1, -0.05) is 31.4 Å².